The zero-order chi connectivity index (χ0) is 8.91. The Morgan fingerprint density at radius 3 is 2.09 bits per heavy atom. The van der Waals surface area contributed by atoms with Crippen LogP contribution in [0, 0.1) is 5.41 Å². The maximum atomic E-state index is 10.4. The molecule has 62 valence electrons. The Morgan fingerprint density at radius 1 is 1.18 bits per heavy atom. The van der Waals surface area contributed by atoms with Crippen molar-refractivity contribution in [2.24, 2.45) is 5.41 Å². The van der Waals surface area contributed by atoms with E-state index in [2.05, 4.69) is 26.8 Å². The minimum atomic E-state index is 0.0866. The summed E-state index contributed by atoms with van der Waals surface area (Å²) in [4.78, 5) is 10.4. The van der Waals surface area contributed by atoms with E-state index in [1.807, 2.05) is 6.08 Å². The molecular weight excluding hydrogens is 136 g/mol. The van der Waals surface area contributed by atoms with E-state index in [1.54, 1.807) is 19.1 Å². The first-order chi connectivity index (χ1) is 4.92. The van der Waals surface area contributed by atoms with Crippen LogP contribution in [0.4, 0.5) is 0 Å². The molecule has 0 aromatic rings. The molecule has 0 bridgehead atoms. The molecule has 0 rings (SSSR count). The number of rotatable bonds is 2. The summed E-state index contributed by atoms with van der Waals surface area (Å²) in [5.74, 6) is 0.0866. The van der Waals surface area contributed by atoms with Crippen LogP contribution in [0.25, 0.3) is 0 Å². The van der Waals surface area contributed by atoms with Gasteiger partial charge in [-0.25, -0.2) is 0 Å². The predicted molar refractivity (Wildman–Crippen MR) is 48.4 cm³/mol. The largest absolute Gasteiger partial charge is 0.295 e. The summed E-state index contributed by atoms with van der Waals surface area (Å²) >= 11 is 0. The average Bonchev–Trinajstić information content (AvgIpc) is 1.78. The highest BCUT2D eigenvalue weighted by molar-refractivity contribution is 5.87. The molecule has 0 fully saturated rings. The number of hydrogen-bond acceptors (Lipinski definition) is 1. The fourth-order valence-electron chi connectivity index (χ4n) is 0.535. The Kier molecular flexibility index (Phi) is 3.80. The van der Waals surface area contributed by atoms with Gasteiger partial charge in [-0.05, 0) is 18.4 Å². The molecule has 0 radical (unpaired) electrons. The predicted octanol–water partition coefficient (Wildman–Crippen LogP) is 2.73. The Labute approximate surface area is 68.8 Å². The van der Waals surface area contributed by atoms with Crippen LogP contribution in [0.2, 0.25) is 0 Å². The third-order valence-electron chi connectivity index (χ3n) is 1.04. The van der Waals surface area contributed by atoms with Gasteiger partial charge in [0.1, 0.15) is 0 Å². The van der Waals surface area contributed by atoms with Gasteiger partial charge in [0.25, 0.3) is 0 Å². The van der Waals surface area contributed by atoms with Gasteiger partial charge in [0, 0.05) is 0 Å². The zero-order valence-electron chi connectivity index (χ0n) is 7.72. The third-order valence-corrected chi connectivity index (χ3v) is 1.04. The second-order valence-corrected chi connectivity index (χ2v) is 3.69. The lowest BCUT2D eigenvalue weighted by Gasteiger charge is -2.09. The number of hydrogen-bond donors (Lipinski definition) is 0. The lowest BCUT2D eigenvalue weighted by atomic mass is 9.96. The summed E-state index contributed by atoms with van der Waals surface area (Å²) in [6, 6.07) is 0. The first-order valence-electron chi connectivity index (χ1n) is 3.78. The van der Waals surface area contributed by atoms with Crippen LogP contribution in [-0.4, -0.2) is 5.78 Å². The monoisotopic (exact) mass is 152 g/mol. The standard InChI is InChI=1S/C10H16O/c1-9(11)7-5-6-8-10(2,3)4/h5-8H,1-4H3/b7-5-,8-6-. The average molecular weight is 152 g/mol. The molecule has 11 heavy (non-hydrogen) atoms. The van der Waals surface area contributed by atoms with E-state index < -0.39 is 0 Å². The van der Waals surface area contributed by atoms with Gasteiger partial charge in [0.05, 0.1) is 0 Å². The number of carbonyl (C=O) groups excluding carboxylic acids is 1. The minimum absolute atomic E-state index is 0.0866. The van der Waals surface area contributed by atoms with Gasteiger partial charge < -0.3 is 0 Å². The molecular formula is C10H16O. The highest BCUT2D eigenvalue weighted by Gasteiger charge is 2.01. The van der Waals surface area contributed by atoms with Crippen LogP contribution < -0.4 is 0 Å². The maximum Gasteiger partial charge on any atom is 0.152 e. The summed E-state index contributed by atoms with van der Waals surface area (Å²) in [5.41, 5.74) is 0.196. The summed E-state index contributed by atoms with van der Waals surface area (Å²) in [6.45, 7) is 7.89. The Hall–Kier alpha value is -0.850. The molecule has 1 nitrogen and oxygen atoms in total. The van der Waals surface area contributed by atoms with Crippen molar-refractivity contribution >= 4 is 5.78 Å². The van der Waals surface area contributed by atoms with Crippen LogP contribution >= 0.6 is 0 Å². The number of allylic oxidation sites excluding steroid dienone is 4. The normalized spacial score (nSPS) is 13.1. The van der Waals surface area contributed by atoms with Crippen molar-refractivity contribution in [2.45, 2.75) is 27.7 Å². The van der Waals surface area contributed by atoms with Crippen molar-refractivity contribution in [1.82, 2.24) is 0 Å². The molecule has 0 aliphatic carbocycles. The highest BCUT2D eigenvalue weighted by atomic mass is 16.1. The second-order valence-electron chi connectivity index (χ2n) is 3.69. The Balaban J connectivity index is 3.88. The van der Waals surface area contributed by atoms with Crippen LogP contribution in [-0.2, 0) is 4.79 Å². The third kappa shape index (κ3) is 9.15. The van der Waals surface area contributed by atoms with E-state index in [0.29, 0.717) is 0 Å². The molecule has 0 aromatic heterocycles. The lowest BCUT2D eigenvalue weighted by molar-refractivity contribution is -0.112. The van der Waals surface area contributed by atoms with Crippen molar-refractivity contribution in [3.05, 3.63) is 24.3 Å². The van der Waals surface area contributed by atoms with Gasteiger partial charge in [-0.1, -0.05) is 39.0 Å². The lowest BCUT2D eigenvalue weighted by Crippen LogP contribution is -1.97. The SMILES string of the molecule is CC(=O)/C=C\C=C/C(C)(C)C. The molecule has 0 aromatic carbocycles. The molecule has 0 atom stereocenters. The van der Waals surface area contributed by atoms with Gasteiger partial charge in [-0.3, -0.25) is 4.79 Å². The van der Waals surface area contributed by atoms with E-state index in [-0.39, 0.29) is 11.2 Å². The van der Waals surface area contributed by atoms with Crippen LogP contribution in [0.15, 0.2) is 24.3 Å². The first-order valence-corrected chi connectivity index (χ1v) is 3.78. The molecule has 0 heterocycles. The van der Waals surface area contributed by atoms with Gasteiger partial charge in [0.2, 0.25) is 0 Å². The fourth-order valence-corrected chi connectivity index (χ4v) is 0.535. The summed E-state index contributed by atoms with van der Waals surface area (Å²) in [5, 5.41) is 0. The Bertz CT molecular complexity index is 180. The quantitative estimate of drug-likeness (QED) is 0.439. The topological polar surface area (TPSA) is 17.1 Å². The summed E-state index contributed by atoms with van der Waals surface area (Å²) in [7, 11) is 0. The van der Waals surface area contributed by atoms with E-state index in [4.69, 9.17) is 0 Å². The van der Waals surface area contributed by atoms with Crippen LogP contribution in [0.5, 0.6) is 0 Å². The molecule has 0 N–H and O–H groups in total. The van der Waals surface area contributed by atoms with E-state index in [0.717, 1.165) is 0 Å². The molecule has 0 saturated heterocycles. The molecule has 0 unspecified atom stereocenters. The zero-order valence-corrected chi connectivity index (χ0v) is 7.72. The smallest absolute Gasteiger partial charge is 0.152 e. The molecule has 0 aliphatic rings. The van der Waals surface area contributed by atoms with Crippen molar-refractivity contribution in [3.8, 4) is 0 Å². The van der Waals surface area contributed by atoms with E-state index in [1.165, 1.54) is 0 Å². The van der Waals surface area contributed by atoms with Gasteiger partial charge >= 0.3 is 0 Å². The van der Waals surface area contributed by atoms with Gasteiger partial charge in [-0.2, -0.15) is 0 Å². The molecule has 0 spiro atoms. The molecule has 0 amide bonds. The van der Waals surface area contributed by atoms with E-state index >= 15 is 0 Å². The van der Waals surface area contributed by atoms with Crippen molar-refractivity contribution in [1.29, 1.82) is 0 Å². The van der Waals surface area contributed by atoms with Crippen LogP contribution in [0.3, 0.4) is 0 Å². The second kappa shape index (κ2) is 4.12. The van der Waals surface area contributed by atoms with Crippen LogP contribution in [0.1, 0.15) is 27.7 Å². The summed E-state index contributed by atoms with van der Waals surface area (Å²) in [6.07, 6.45) is 7.30. The molecule has 1 heteroatoms. The number of carbonyl (C=O) groups is 1. The Morgan fingerprint density at radius 2 is 1.73 bits per heavy atom. The number of ketones is 1. The maximum absolute atomic E-state index is 10.4. The fraction of sp³-hybridized carbons (Fsp3) is 0.500. The molecule has 0 saturated carbocycles. The van der Waals surface area contributed by atoms with Crippen molar-refractivity contribution < 1.29 is 4.79 Å². The van der Waals surface area contributed by atoms with Crippen molar-refractivity contribution in [2.75, 3.05) is 0 Å². The van der Waals surface area contributed by atoms with Gasteiger partial charge in [-0.15, -0.1) is 0 Å². The van der Waals surface area contributed by atoms with Gasteiger partial charge in [0.15, 0.2) is 5.78 Å². The first kappa shape index (κ1) is 10.2. The van der Waals surface area contributed by atoms with E-state index in [9.17, 15) is 4.79 Å². The minimum Gasteiger partial charge on any atom is -0.295 e. The summed E-state index contributed by atoms with van der Waals surface area (Å²) < 4.78 is 0. The molecule has 0 aliphatic heterocycles. The van der Waals surface area contributed by atoms with Crippen molar-refractivity contribution in [3.63, 3.8) is 0 Å². The highest BCUT2D eigenvalue weighted by Crippen LogP contribution is 2.13.